The molecular formula is C86H139B7Cl2N14O27. The van der Waals surface area contributed by atoms with Gasteiger partial charge in [0.2, 0.25) is 65.5 Å². The molecule has 0 aromatic heterocycles. The van der Waals surface area contributed by atoms with Gasteiger partial charge in [-0.15, -0.1) is 0 Å². The normalized spacial score (nSPS) is 18.5. The number of benzene rings is 3. The monoisotopic (exact) mass is 1950 g/mol. The van der Waals surface area contributed by atoms with Crippen molar-refractivity contribution >= 4 is 156 Å². The molecule has 10 rings (SSSR count). The first-order chi connectivity index (χ1) is 63.5. The van der Waals surface area contributed by atoms with E-state index < -0.39 is 96.6 Å². The molecule has 750 valence electrons. The van der Waals surface area contributed by atoms with Crippen LogP contribution in [0.5, 0.6) is 0 Å². The van der Waals surface area contributed by atoms with E-state index >= 15 is 0 Å². The van der Waals surface area contributed by atoms with Crippen molar-refractivity contribution in [3.8, 4) is 0 Å². The van der Waals surface area contributed by atoms with Crippen molar-refractivity contribution in [1.82, 2.24) is 68.6 Å². The Morgan fingerprint density at radius 3 is 0.926 bits per heavy atom. The summed E-state index contributed by atoms with van der Waals surface area (Å²) in [7, 11) is 1.80. The van der Waals surface area contributed by atoms with Crippen LogP contribution in [0.3, 0.4) is 0 Å². The van der Waals surface area contributed by atoms with Gasteiger partial charge in [-0.25, -0.2) is 0 Å². The third-order valence-corrected chi connectivity index (χ3v) is 24.9. The predicted molar refractivity (Wildman–Crippen MR) is 514 cm³/mol. The number of carbonyl (C=O) groups excluding carboxylic acids is 14. The molecule has 0 spiro atoms. The summed E-state index contributed by atoms with van der Waals surface area (Å²) in [6, 6.07) is 17.5. The summed E-state index contributed by atoms with van der Waals surface area (Å²) in [6.45, 7) is 20.5. The molecule has 7 aliphatic heterocycles. The number of hydrogen-bond donors (Lipinski definition) is 13. The highest BCUT2D eigenvalue weighted by Crippen LogP contribution is 2.30. The van der Waals surface area contributed by atoms with Gasteiger partial charge in [0.05, 0.1) is 97.1 Å². The van der Waals surface area contributed by atoms with E-state index in [0.29, 0.717) is 102 Å². The summed E-state index contributed by atoms with van der Waals surface area (Å²) >= 11 is 12.1. The fourth-order valence-corrected chi connectivity index (χ4v) is 17.6. The quantitative estimate of drug-likeness (QED) is 0.0300. The molecule has 50 heteroatoms. The van der Waals surface area contributed by atoms with Crippen LogP contribution in [0.1, 0.15) is 179 Å². The molecule has 0 radical (unpaired) electrons. The summed E-state index contributed by atoms with van der Waals surface area (Å²) in [4.78, 5) is 187. The van der Waals surface area contributed by atoms with Gasteiger partial charge in [0.15, 0.2) is 0 Å². The van der Waals surface area contributed by atoms with Crippen molar-refractivity contribution in [3.63, 3.8) is 0 Å². The van der Waals surface area contributed by atoms with Crippen molar-refractivity contribution < 1.29 is 132 Å². The van der Waals surface area contributed by atoms with Gasteiger partial charge in [0.1, 0.15) is 0 Å². The SMILES string of the molecule is CB(O)C1CCCN1C(=O)CN(C)C(=O)c1c(Cl)cccc1Cl.CC(=O)N(C)CC(=O)N1CCCC1B(O)O.CC(C)C(=O)N(C)CC(=O)N1CCCC1B(O)O.CN(C=O)CC(=O)N1CCCC1B(O)O.CN(CC(=O)N1CCCC1B(O)O)C(=O)C(C)(C)C.CN(CC(=O)N1CCCC1B(O)O)C(=O)c1ccccc1.Cc1cc(C)c(C(=O)N(C)CC(=O)N2CCCC2B(O)O)c(C)c1. The number of aryl methyl sites for hydroxylation is 3. The lowest BCUT2D eigenvalue weighted by atomic mass is 9.62. The number of hydrogen-bond acceptors (Lipinski definition) is 27. The predicted octanol–water partition coefficient (Wildman–Crippen LogP) is -2.20. The van der Waals surface area contributed by atoms with Gasteiger partial charge in [-0.05, 0) is 146 Å². The number of likely N-dealkylation sites (N-methyl/N-ethyl adjacent to an activating group) is 7. The highest BCUT2D eigenvalue weighted by molar-refractivity contribution is 6.51. The minimum absolute atomic E-state index is 0.0137. The summed E-state index contributed by atoms with van der Waals surface area (Å²) in [5.74, 6) is -6.55. The number of likely N-dealkylation sites (tertiary alicyclic amines) is 7. The van der Waals surface area contributed by atoms with Crippen molar-refractivity contribution in [1.29, 1.82) is 0 Å². The van der Waals surface area contributed by atoms with Crippen LogP contribution in [-0.4, -0.2) is 449 Å². The lowest BCUT2D eigenvalue weighted by molar-refractivity contribution is -0.144. The van der Waals surface area contributed by atoms with Crippen LogP contribution < -0.4 is 0 Å². The van der Waals surface area contributed by atoms with Crippen molar-refractivity contribution in [2.75, 3.05) is 141 Å². The summed E-state index contributed by atoms with van der Waals surface area (Å²) in [6.07, 6.45) is 10.2. The Morgan fingerprint density at radius 1 is 0.382 bits per heavy atom. The third kappa shape index (κ3) is 35.9. The van der Waals surface area contributed by atoms with E-state index in [2.05, 4.69) is 0 Å². The highest BCUT2D eigenvalue weighted by Gasteiger charge is 2.44. The second kappa shape index (κ2) is 56.7. The van der Waals surface area contributed by atoms with E-state index in [4.69, 9.17) is 43.3 Å². The molecule has 0 aliphatic carbocycles. The maximum Gasteiger partial charge on any atom is 0.475 e. The average molecular weight is 1950 g/mol. The van der Waals surface area contributed by atoms with Gasteiger partial charge in [-0.3, -0.25) is 67.1 Å². The molecule has 7 unspecified atom stereocenters. The average Bonchev–Trinajstić information content (AvgIpc) is 1.15. The molecule has 7 atom stereocenters. The van der Waals surface area contributed by atoms with Crippen LogP contribution in [-0.2, 0) is 52.7 Å². The van der Waals surface area contributed by atoms with E-state index in [-0.39, 0.29) is 144 Å². The largest absolute Gasteiger partial charge is 0.475 e. The lowest BCUT2D eigenvalue weighted by Crippen LogP contribution is -2.50. The zero-order chi connectivity index (χ0) is 103. The summed E-state index contributed by atoms with van der Waals surface area (Å²) < 4.78 is 0. The van der Waals surface area contributed by atoms with Gasteiger partial charge in [-0.2, -0.15) is 0 Å². The zero-order valence-electron chi connectivity index (χ0n) is 81.4. The number of nitrogens with zero attached hydrogens (tertiary/aromatic N) is 14. The standard InChI is InChI=1S/C17H25BN2O4.C15H19BCl2N2O3.C14H19BN2O4.C12H23BN2O4.C11H21BN2O4.C9H17BN2O4.C8H15BN2O4/c1-11-8-12(2)16(13(3)9-11)17(22)19(4)10-15(21)20-7-5-6-14(20)18(23)24;1-16(23)12-7-4-8-20(12)13(21)9-19(2)15(22)14-10(17)5-3-6-11(14)18;1-16(14(19)11-6-3-2-4-7-11)10-13(18)17-9-5-8-12(17)15(20)21;1-12(2,3)11(17)14(4)8-10(16)15-7-5-6-9(15)13(18)19;1-8(2)11(16)13(3)7-10(15)14-6-4-5-9(14)12(17)18;1-7(13)11(2)6-9(14)12-5-3-4-8(12)10(15)16;1-10(6-12)5-8(13)11-4-2-3-7(11)9(14)15/h8-9,14,23-24H,5-7,10H2,1-4H3;3,5-6,12,23H,4,7-9H2,1-2H3;2-4,6-7,12,20-21H,5,8-10H2,1H3;9,18-19H,5-8H2,1-4H3;8-9,17-18H,4-7H2,1-3H3;8,15-16H,3-6H2,1-2H3;6-7,14-15H,2-5H2,1H3. The molecule has 7 aliphatic rings. The van der Waals surface area contributed by atoms with Gasteiger partial charge in [0, 0.05) is 130 Å². The Labute approximate surface area is 809 Å². The molecule has 3 aromatic rings. The first-order valence-electron chi connectivity index (χ1n) is 45.7. The number of amides is 14. The van der Waals surface area contributed by atoms with Crippen LogP contribution in [0.2, 0.25) is 16.9 Å². The zero-order valence-corrected chi connectivity index (χ0v) is 82.9. The lowest BCUT2D eigenvalue weighted by Gasteiger charge is -2.29. The molecular weight excluding hydrogens is 1810 g/mol. The topological polar surface area (TPSA) is 547 Å². The number of carbonyl (C=O) groups is 14. The summed E-state index contributed by atoms with van der Waals surface area (Å²) in [5, 5.41) is 121. The van der Waals surface area contributed by atoms with Gasteiger partial charge in [0.25, 0.3) is 17.7 Å². The Kier molecular flexibility index (Phi) is 49.7. The van der Waals surface area contributed by atoms with Crippen LogP contribution in [0.4, 0.5) is 0 Å². The van der Waals surface area contributed by atoms with Gasteiger partial charge >= 0.3 is 49.6 Å². The molecule has 41 nitrogen and oxygen atoms in total. The maximum atomic E-state index is 12.7. The smallest absolute Gasteiger partial charge is 0.449 e. The number of rotatable bonds is 26. The fraction of sp³-hybridized carbons (Fsp3) is 0.628. The number of halogens is 2. The minimum Gasteiger partial charge on any atom is -0.449 e. The van der Waals surface area contributed by atoms with Crippen molar-refractivity contribution in [2.24, 2.45) is 11.3 Å². The second-order valence-electron chi connectivity index (χ2n) is 36.7. The molecule has 7 heterocycles. The van der Waals surface area contributed by atoms with Crippen LogP contribution in [0.25, 0.3) is 0 Å². The Balaban J connectivity index is 0.000000333. The Hall–Kier alpha value is -9.25. The molecule has 7 fully saturated rings. The van der Waals surface area contributed by atoms with Crippen LogP contribution in [0, 0.1) is 32.1 Å². The molecule has 7 saturated heterocycles. The van der Waals surface area contributed by atoms with Gasteiger partial charge in [-0.1, -0.05) is 107 Å². The second-order valence-corrected chi connectivity index (χ2v) is 37.5. The van der Waals surface area contributed by atoms with E-state index in [9.17, 15) is 112 Å². The van der Waals surface area contributed by atoms with Crippen molar-refractivity contribution in [3.05, 3.63) is 104 Å². The molecule has 14 amide bonds. The first kappa shape index (κ1) is 119. The minimum atomic E-state index is -1.54. The molecule has 0 saturated carbocycles. The Morgan fingerprint density at radius 2 is 0.647 bits per heavy atom. The molecule has 13 N–H and O–H groups in total. The van der Waals surface area contributed by atoms with Crippen LogP contribution >= 0.6 is 23.2 Å². The van der Waals surface area contributed by atoms with Gasteiger partial charge < -0.3 is 134 Å². The first-order valence-corrected chi connectivity index (χ1v) is 46.4. The van der Waals surface area contributed by atoms with Crippen LogP contribution in [0.15, 0.2) is 60.7 Å². The highest BCUT2D eigenvalue weighted by atomic mass is 35.5. The van der Waals surface area contributed by atoms with E-state index in [1.54, 1.807) is 124 Å². The summed E-state index contributed by atoms with van der Waals surface area (Å²) in [5.41, 5.74) is 3.68. The Bertz CT molecular complexity index is 4440. The van der Waals surface area contributed by atoms with Crippen molar-refractivity contribution in [2.45, 2.75) is 201 Å². The third-order valence-electron chi connectivity index (χ3n) is 24.3. The van der Waals surface area contributed by atoms with E-state index in [1.165, 1.54) is 84.7 Å². The van der Waals surface area contributed by atoms with E-state index in [0.717, 1.165) is 68.1 Å². The maximum absolute atomic E-state index is 12.7. The molecule has 136 heavy (non-hydrogen) atoms. The fourth-order valence-electron chi connectivity index (χ4n) is 17.1. The molecule has 0 bridgehead atoms. The van der Waals surface area contributed by atoms with E-state index in [1.807, 2.05) is 39.0 Å². The molecule has 3 aromatic carbocycles.